The summed E-state index contributed by atoms with van der Waals surface area (Å²) in [5, 5.41) is 6.64. The molecule has 1 atom stereocenters. The molecule has 1 unspecified atom stereocenters. The lowest BCUT2D eigenvalue weighted by atomic mass is 10.1. The van der Waals surface area contributed by atoms with Gasteiger partial charge >= 0.3 is 5.97 Å². The van der Waals surface area contributed by atoms with E-state index >= 15 is 0 Å². The number of thiazole rings is 1. The number of nitrogens with zero attached hydrogens (tertiary/aromatic N) is 1. The summed E-state index contributed by atoms with van der Waals surface area (Å²) in [6.45, 7) is 1.97. The number of halogens is 1. The van der Waals surface area contributed by atoms with E-state index in [1.807, 2.05) is 12.3 Å². The number of carbonyl (C=O) groups is 1. The van der Waals surface area contributed by atoms with Crippen LogP contribution in [0.3, 0.4) is 0 Å². The lowest BCUT2D eigenvalue weighted by Crippen LogP contribution is -2.11. The molecule has 0 aliphatic rings. The van der Waals surface area contributed by atoms with Gasteiger partial charge in [-0.25, -0.2) is 9.78 Å². The number of hydrogen-bond acceptors (Lipinski definition) is 5. The van der Waals surface area contributed by atoms with Crippen molar-refractivity contribution in [3.63, 3.8) is 0 Å². The lowest BCUT2D eigenvalue weighted by Gasteiger charge is -2.15. The number of carbonyl (C=O) groups excluding carboxylic acids is 1. The topological polar surface area (TPSA) is 51.2 Å². The van der Waals surface area contributed by atoms with Crippen molar-refractivity contribution < 1.29 is 9.53 Å². The van der Waals surface area contributed by atoms with E-state index in [4.69, 9.17) is 16.3 Å². The Bertz CT molecular complexity index is 572. The molecule has 0 saturated heterocycles. The smallest absolute Gasteiger partial charge is 0.339 e. The first-order chi connectivity index (χ1) is 9.11. The molecule has 0 spiro atoms. The van der Waals surface area contributed by atoms with Crippen LogP contribution >= 0.6 is 22.9 Å². The van der Waals surface area contributed by atoms with E-state index in [1.165, 1.54) is 7.11 Å². The summed E-state index contributed by atoms with van der Waals surface area (Å²) < 4.78 is 4.75. The number of anilines is 1. The zero-order valence-electron chi connectivity index (χ0n) is 10.5. The Morgan fingerprint density at radius 1 is 1.53 bits per heavy atom. The Kier molecular flexibility index (Phi) is 4.39. The number of methoxy groups -OCH3 is 1. The molecule has 2 aromatic rings. The highest BCUT2D eigenvalue weighted by atomic mass is 35.5. The number of benzene rings is 1. The normalized spacial score (nSPS) is 11.9. The first kappa shape index (κ1) is 13.8. The van der Waals surface area contributed by atoms with Crippen LogP contribution in [0.1, 0.15) is 28.3 Å². The molecule has 1 N–H and O–H groups in total. The Hall–Kier alpha value is -1.59. The zero-order valence-corrected chi connectivity index (χ0v) is 12.1. The van der Waals surface area contributed by atoms with Crippen molar-refractivity contribution in [3.05, 3.63) is 45.4 Å². The molecule has 100 valence electrons. The van der Waals surface area contributed by atoms with Crippen LogP contribution < -0.4 is 5.32 Å². The summed E-state index contributed by atoms with van der Waals surface area (Å²) in [6, 6.07) is 5.00. The third-order valence-corrected chi connectivity index (χ3v) is 3.77. The van der Waals surface area contributed by atoms with Crippen molar-refractivity contribution in [2.75, 3.05) is 12.4 Å². The third-order valence-electron chi connectivity index (χ3n) is 2.58. The summed E-state index contributed by atoms with van der Waals surface area (Å²) in [4.78, 5) is 15.9. The molecule has 19 heavy (non-hydrogen) atoms. The maximum atomic E-state index is 11.7. The van der Waals surface area contributed by atoms with E-state index in [2.05, 4.69) is 10.3 Å². The third kappa shape index (κ3) is 3.24. The Morgan fingerprint density at radius 3 is 2.95 bits per heavy atom. The van der Waals surface area contributed by atoms with Crippen LogP contribution in [0.15, 0.2) is 29.8 Å². The van der Waals surface area contributed by atoms with E-state index in [0.717, 1.165) is 5.01 Å². The highest BCUT2D eigenvalue weighted by Gasteiger charge is 2.15. The zero-order chi connectivity index (χ0) is 13.8. The summed E-state index contributed by atoms with van der Waals surface area (Å²) in [7, 11) is 1.35. The average Bonchev–Trinajstić information content (AvgIpc) is 2.92. The molecule has 4 nitrogen and oxygen atoms in total. The molecule has 0 saturated carbocycles. The van der Waals surface area contributed by atoms with Crippen LogP contribution in [-0.2, 0) is 4.74 Å². The minimum absolute atomic E-state index is 0.0122. The van der Waals surface area contributed by atoms with Crippen molar-refractivity contribution in [1.82, 2.24) is 4.98 Å². The number of ether oxygens (including phenoxy) is 1. The van der Waals surface area contributed by atoms with Crippen LogP contribution in [0.2, 0.25) is 5.02 Å². The molecule has 2 rings (SSSR count). The number of nitrogens with one attached hydrogen (secondary N) is 1. The van der Waals surface area contributed by atoms with Crippen LogP contribution in [-0.4, -0.2) is 18.1 Å². The second-order valence-electron chi connectivity index (χ2n) is 3.92. The van der Waals surface area contributed by atoms with E-state index in [9.17, 15) is 4.79 Å². The molecular formula is C13H13ClN2O2S. The maximum Gasteiger partial charge on any atom is 0.339 e. The summed E-state index contributed by atoms with van der Waals surface area (Å²) in [5.74, 6) is -0.398. The molecule has 0 amide bonds. The minimum Gasteiger partial charge on any atom is -0.465 e. The van der Waals surface area contributed by atoms with Crippen LogP contribution in [0.5, 0.6) is 0 Å². The summed E-state index contributed by atoms with van der Waals surface area (Å²) in [5.41, 5.74) is 1.09. The first-order valence-corrected chi connectivity index (χ1v) is 6.91. The summed E-state index contributed by atoms with van der Waals surface area (Å²) >= 11 is 7.52. The van der Waals surface area contributed by atoms with Crippen molar-refractivity contribution in [2.45, 2.75) is 13.0 Å². The fourth-order valence-corrected chi connectivity index (χ4v) is 2.49. The van der Waals surface area contributed by atoms with Crippen LogP contribution in [0, 0.1) is 0 Å². The van der Waals surface area contributed by atoms with E-state index in [-0.39, 0.29) is 6.04 Å². The molecular weight excluding hydrogens is 284 g/mol. The van der Waals surface area contributed by atoms with Gasteiger partial charge in [0.2, 0.25) is 0 Å². The molecule has 6 heteroatoms. The average molecular weight is 297 g/mol. The molecule has 0 aliphatic carbocycles. The second kappa shape index (κ2) is 6.04. The van der Waals surface area contributed by atoms with Gasteiger partial charge in [0.05, 0.1) is 24.4 Å². The molecule has 1 aromatic heterocycles. The molecule has 0 fully saturated rings. The van der Waals surface area contributed by atoms with Gasteiger partial charge in [-0.3, -0.25) is 0 Å². The lowest BCUT2D eigenvalue weighted by molar-refractivity contribution is 0.0602. The van der Waals surface area contributed by atoms with Gasteiger partial charge in [0, 0.05) is 16.6 Å². The van der Waals surface area contributed by atoms with Gasteiger partial charge in [0.1, 0.15) is 5.01 Å². The van der Waals surface area contributed by atoms with Gasteiger partial charge < -0.3 is 10.1 Å². The van der Waals surface area contributed by atoms with Crippen molar-refractivity contribution in [3.8, 4) is 0 Å². The molecule has 0 bridgehead atoms. The predicted octanol–water partition coefficient (Wildman–Crippen LogP) is 3.76. The van der Waals surface area contributed by atoms with Gasteiger partial charge in [0.15, 0.2) is 0 Å². The Labute approximate surface area is 120 Å². The molecule has 0 aliphatic heterocycles. The monoisotopic (exact) mass is 296 g/mol. The second-order valence-corrected chi connectivity index (χ2v) is 5.28. The SMILES string of the molecule is COC(=O)c1ccc(Cl)cc1NC(C)c1nccs1. The fourth-order valence-electron chi connectivity index (χ4n) is 1.67. The number of aromatic nitrogens is 1. The minimum atomic E-state index is -0.398. The van der Waals surface area contributed by atoms with Crippen molar-refractivity contribution in [1.29, 1.82) is 0 Å². The van der Waals surface area contributed by atoms with Crippen molar-refractivity contribution >= 4 is 34.6 Å². The van der Waals surface area contributed by atoms with Crippen LogP contribution in [0.25, 0.3) is 0 Å². The van der Waals surface area contributed by atoms with Gasteiger partial charge in [-0.15, -0.1) is 11.3 Å². The fraction of sp³-hybridized carbons (Fsp3) is 0.231. The maximum absolute atomic E-state index is 11.7. The quantitative estimate of drug-likeness (QED) is 0.873. The first-order valence-electron chi connectivity index (χ1n) is 5.65. The van der Waals surface area contributed by atoms with E-state index in [0.29, 0.717) is 16.3 Å². The highest BCUT2D eigenvalue weighted by molar-refractivity contribution is 7.09. The number of rotatable bonds is 4. The van der Waals surface area contributed by atoms with Gasteiger partial charge in [0.25, 0.3) is 0 Å². The van der Waals surface area contributed by atoms with E-state index < -0.39 is 5.97 Å². The predicted molar refractivity (Wildman–Crippen MR) is 76.9 cm³/mol. The highest BCUT2D eigenvalue weighted by Crippen LogP contribution is 2.26. The van der Waals surface area contributed by atoms with Gasteiger partial charge in [-0.2, -0.15) is 0 Å². The molecule has 1 heterocycles. The van der Waals surface area contributed by atoms with Gasteiger partial charge in [-0.05, 0) is 25.1 Å². The van der Waals surface area contributed by atoms with Crippen molar-refractivity contribution in [2.24, 2.45) is 0 Å². The standard InChI is InChI=1S/C13H13ClN2O2S/c1-8(12-15-5-6-19-12)16-11-7-9(14)3-4-10(11)13(17)18-2/h3-8,16H,1-2H3. The summed E-state index contributed by atoms with van der Waals surface area (Å²) in [6.07, 6.45) is 1.75. The Morgan fingerprint density at radius 2 is 2.32 bits per heavy atom. The largest absolute Gasteiger partial charge is 0.465 e. The molecule has 1 aromatic carbocycles. The number of hydrogen-bond donors (Lipinski definition) is 1. The van der Waals surface area contributed by atoms with E-state index in [1.54, 1.807) is 35.7 Å². The van der Waals surface area contributed by atoms with Crippen LogP contribution in [0.4, 0.5) is 5.69 Å². The Balaban J connectivity index is 2.28. The van der Waals surface area contributed by atoms with Gasteiger partial charge in [-0.1, -0.05) is 11.6 Å². The number of esters is 1. The molecule has 0 radical (unpaired) electrons.